The summed E-state index contributed by atoms with van der Waals surface area (Å²) < 4.78 is 13.8. The summed E-state index contributed by atoms with van der Waals surface area (Å²) in [4.78, 5) is 27.4. The Bertz CT molecular complexity index is 841. The zero-order valence-electron chi connectivity index (χ0n) is 15.8. The van der Waals surface area contributed by atoms with E-state index in [-0.39, 0.29) is 23.5 Å². The maximum Gasteiger partial charge on any atom is 0.253 e. The highest BCUT2D eigenvalue weighted by Crippen LogP contribution is 2.34. The monoisotopic (exact) mass is 402 g/mol. The number of likely N-dealkylation sites (tertiary alicyclic amines) is 1. The first-order valence-electron chi connectivity index (χ1n) is 9.57. The topological polar surface area (TPSA) is 49.4 Å². The fourth-order valence-electron chi connectivity index (χ4n) is 3.60. The van der Waals surface area contributed by atoms with Crippen molar-refractivity contribution in [3.63, 3.8) is 0 Å². The van der Waals surface area contributed by atoms with E-state index in [4.69, 9.17) is 11.6 Å². The van der Waals surface area contributed by atoms with Crippen molar-refractivity contribution in [3.8, 4) is 0 Å². The molecule has 0 aliphatic carbocycles. The number of benzene rings is 2. The largest absolute Gasteiger partial charge is 0.356 e. The predicted octanol–water partition coefficient (Wildman–Crippen LogP) is 4.25. The van der Waals surface area contributed by atoms with Gasteiger partial charge < -0.3 is 10.2 Å². The molecule has 0 unspecified atom stereocenters. The van der Waals surface area contributed by atoms with Gasteiger partial charge in [-0.25, -0.2) is 4.39 Å². The minimum Gasteiger partial charge on any atom is -0.356 e. The summed E-state index contributed by atoms with van der Waals surface area (Å²) in [6.45, 7) is 3.34. The Balaban J connectivity index is 1.82. The fourth-order valence-corrected chi connectivity index (χ4v) is 3.73. The Kier molecular flexibility index (Phi) is 6.68. The first-order chi connectivity index (χ1) is 13.5. The van der Waals surface area contributed by atoms with E-state index in [0.717, 1.165) is 18.4 Å². The molecule has 1 N–H and O–H groups in total. The van der Waals surface area contributed by atoms with Crippen molar-refractivity contribution in [2.24, 2.45) is 5.92 Å². The molecule has 3 rings (SSSR count). The van der Waals surface area contributed by atoms with Crippen LogP contribution in [-0.2, 0) is 4.79 Å². The van der Waals surface area contributed by atoms with Crippen molar-refractivity contribution < 1.29 is 14.0 Å². The maximum absolute atomic E-state index is 13.8. The fraction of sp³-hybridized carbons (Fsp3) is 0.364. The minimum atomic E-state index is -0.407. The Morgan fingerprint density at radius 3 is 2.61 bits per heavy atom. The van der Waals surface area contributed by atoms with Crippen LogP contribution in [0, 0.1) is 11.7 Å². The number of carbonyl (C=O) groups is 2. The van der Waals surface area contributed by atoms with Gasteiger partial charge in [0.1, 0.15) is 5.82 Å². The highest BCUT2D eigenvalue weighted by Gasteiger charge is 2.40. The average molecular weight is 403 g/mol. The van der Waals surface area contributed by atoms with Gasteiger partial charge in [-0.3, -0.25) is 9.59 Å². The number of halogens is 2. The van der Waals surface area contributed by atoms with Crippen molar-refractivity contribution in [1.82, 2.24) is 10.2 Å². The standard InChI is InChI=1S/C22H24ClFN2O2/c1-2-3-11-25-21(27)20-14-26(22(28)15-7-9-17(23)10-8-15)13-19(20)16-5-4-6-18(24)12-16/h4-10,12,19-20H,2-3,11,13-14H2,1H3,(H,25,27)/t19-,20+/m1/s1. The molecule has 0 aromatic heterocycles. The first kappa shape index (κ1) is 20.3. The lowest BCUT2D eigenvalue weighted by molar-refractivity contribution is -0.124. The van der Waals surface area contributed by atoms with Crippen molar-refractivity contribution in [2.75, 3.05) is 19.6 Å². The normalized spacial score (nSPS) is 18.9. The van der Waals surface area contributed by atoms with Crippen LogP contribution in [0.5, 0.6) is 0 Å². The molecule has 6 heteroatoms. The van der Waals surface area contributed by atoms with E-state index in [1.807, 2.05) is 6.07 Å². The summed E-state index contributed by atoms with van der Waals surface area (Å²) in [6, 6.07) is 13.0. The van der Waals surface area contributed by atoms with Crippen molar-refractivity contribution in [2.45, 2.75) is 25.7 Å². The molecule has 0 saturated carbocycles. The van der Waals surface area contributed by atoms with Crippen LogP contribution in [0.1, 0.15) is 41.6 Å². The Morgan fingerprint density at radius 1 is 1.18 bits per heavy atom. The van der Waals surface area contributed by atoms with E-state index in [9.17, 15) is 14.0 Å². The zero-order valence-corrected chi connectivity index (χ0v) is 16.6. The molecule has 1 aliphatic heterocycles. The number of rotatable bonds is 6. The Labute approximate surface area is 169 Å². The molecule has 0 spiro atoms. The molecule has 148 valence electrons. The van der Waals surface area contributed by atoms with Gasteiger partial charge in [-0.15, -0.1) is 0 Å². The Hall–Kier alpha value is -2.40. The van der Waals surface area contributed by atoms with Crippen molar-refractivity contribution in [3.05, 3.63) is 70.5 Å². The second kappa shape index (κ2) is 9.20. The molecule has 0 bridgehead atoms. The number of carbonyl (C=O) groups excluding carboxylic acids is 2. The number of unbranched alkanes of at least 4 members (excludes halogenated alkanes) is 1. The third-order valence-corrected chi connectivity index (χ3v) is 5.39. The lowest BCUT2D eigenvalue weighted by Gasteiger charge is -2.18. The van der Waals surface area contributed by atoms with Gasteiger partial charge in [-0.1, -0.05) is 37.1 Å². The molecular weight excluding hydrogens is 379 g/mol. The molecule has 2 aromatic rings. The number of nitrogens with one attached hydrogen (secondary N) is 1. The Morgan fingerprint density at radius 2 is 1.93 bits per heavy atom. The van der Waals surface area contributed by atoms with E-state index < -0.39 is 5.92 Å². The molecule has 28 heavy (non-hydrogen) atoms. The lowest BCUT2D eigenvalue weighted by atomic mass is 9.88. The van der Waals surface area contributed by atoms with E-state index in [2.05, 4.69) is 12.2 Å². The quantitative estimate of drug-likeness (QED) is 0.734. The lowest BCUT2D eigenvalue weighted by Crippen LogP contribution is -2.36. The molecule has 1 saturated heterocycles. The van der Waals surface area contributed by atoms with E-state index in [1.165, 1.54) is 12.1 Å². The predicted molar refractivity (Wildman–Crippen MR) is 108 cm³/mol. The van der Waals surface area contributed by atoms with Crippen LogP contribution in [0.4, 0.5) is 4.39 Å². The van der Waals surface area contributed by atoms with Crippen LogP contribution in [-0.4, -0.2) is 36.3 Å². The number of hydrogen-bond donors (Lipinski definition) is 1. The second-order valence-electron chi connectivity index (χ2n) is 7.13. The van der Waals surface area contributed by atoms with Crippen LogP contribution in [0.25, 0.3) is 0 Å². The third kappa shape index (κ3) is 4.71. The zero-order chi connectivity index (χ0) is 20.1. The molecule has 1 aliphatic rings. The van der Waals surface area contributed by atoms with Crippen LogP contribution in [0.2, 0.25) is 5.02 Å². The molecule has 2 aromatic carbocycles. The van der Waals surface area contributed by atoms with Gasteiger partial charge in [0.2, 0.25) is 5.91 Å². The van der Waals surface area contributed by atoms with Gasteiger partial charge in [0.15, 0.2) is 0 Å². The van der Waals surface area contributed by atoms with E-state index in [1.54, 1.807) is 35.2 Å². The van der Waals surface area contributed by atoms with Crippen LogP contribution < -0.4 is 5.32 Å². The minimum absolute atomic E-state index is 0.0888. The van der Waals surface area contributed by atoms with Gasteiger partial charge in [-0.05, 0) is 48.4 Å². The van der Waals surface area contributed by atoms with Gasteiger partial charge in [0, 0.05) is 36.1 Å². The summed E-state index contributed by atoms with van der Waals surface area (Å²) in [7, 11) is 0. The van der Waals surface area contributed by atoms with Crippen molar-refractivity contribution in [1.29, 1.82) is 0 Å². The van der Waals surface area contributed by atoms with Crippen LogP contribution in [0.3, 0.4) is 0 Å². The van der Waals surface area contributed by atoms with Crippen molar-refractivity contribution >= 4 is 23.4 Å². The highest BCUT2D eigenvalue weighted by atomic mass is 35.5. The van der Waals surface area contributed by atoms with Crippen LogP contribution >= 0.6 is 11.6 Å². The van der Waals surface area contributed by atoms with Gasteiger partial charge in [-0.2, -0.15) is 0 Å². The number of amides is 2. The van der Waals surface area contributed by atoms with Crippen LogP contribution in [0.15, 0.2) is 48.5 Å². The average Bonchev–Trinajstić information content (AvgIpc) is 3.14. The summed E-state index contributed by atoms with van der Waals surface area (Å²) in [6.07, 6.45) is 1.88. The summed E-state index contributed by atoms with van der Waals surface area (Å²) >= 11 is 5.91. The van der Waals surface area contributed by atoms with Gasteiger partial charge in [0.25, 0.3) is 5.91 Å². The maximum atomic E-state index is 13.8. The molecule has 1 fully saturated rings. The summed E-state index contributed by atoms with van der Waals surface area (Å²) in [5, 5.41) is 3.52. The molecule has 2 atom stereocenters. The first-order valence-corrected chi connectivity index (χ1v) is 9.95. The van der Waals surface area contributed by atoms with E-state index in [0.29, 0.717) is 30.2 Å². The molecular formula is C22H24ClFN2O2. The number of hydrogen-bond acceptors (Lipinski definition) is 2. The molecule has 4 nitrogen and oxygen atoms in total. The number of nitrogens with zero attached hydrogens (tertiary/aromatic N) is 1. The second-order valence-corrected chi connectivity index (χ2v) is 7.57. The van der Waals surface area contributed by atoms with Gasteiger partial charge in [0.05, 0.1) is 5.92 Å². The van der Waals surface area contributed by atoms with Gasteiger partial charge >= 0.3 is 0 Å². The molecule has 0 radical (unpaired) electrons. The highest BCUT2D eigenvalue weighted by molar-refractivity contribution is 6.30. The summed E-state index contributed by atoms with van der Waals surface area (Å²) in [5.74, 6) is -1.23. The molecule has 1 heterocycles. The third-order valence-electron chi connectivity index (χ3n) is 5.14. The SMILES string of the molecule is CCCCNC(=O)[C@H]1CN(C(=O)c2ccc(Cl)cc2)C[C@@H]1c1cccc(F)c1. The molecule has 2 amide bonds. The smallest absolute Gasteiger partial charge is 0.253 e. The van der Waals surface area contributed by atoms with E-state index >= 15 is 0 Å². The summed E-state index contributed by atoms with van der Waals surface area (Å²) in [5.41, 5.74) is 1.26.